The number of likely N-dealkylation sites (tertiary alicyclic amines) is 1. The molecule has 0 atom stereocenters. The van der Waals surface area contributed by atoms with E-state index in [1.165, 1.54) is 10.9 Å². The third kappa shape index (κ3) is 3.56. The van der Waals surface area contributed by atoms with E-state index in [2.05, 4.69) is 28.4 Å². The molecule has 1 fully saturated rings. The average molecular weight is 470 g/mol. The Morgan fingerprint density at radius 3 is 2.77 bits per heavy atom. The number of ether oxygens (including phenoxy) is 1. The number of aromatic nitrogens is 4. The highest BCUT2D eigenvalue weighted by Crippen LogP contribution is 2.36. The fraction of sp³-hybridized carbons (Fsp3) is 0.296. The fourth-order valence-corrected chi connectivity index (χ4v) is 5.31. The molecule has 4 aromatic heterocycles. The van der Waals surface area contributed by atoms with Gasteiger partial charge in [-0.2, -0.15) is 5.10 Å². The van der Waals surface area contributed by atoms with Crippen molar-refractivity contribution >= 4 is 27.8 Å². The van der Waals surface area contributed by atoms with E-state index >= 15 is 0 Å². The minimum atomic E-state index is 0.0142. The van der Waals surface area contributed by atoms with Crippen molar-refractivity contribution in [2.75, 3.05) is 20.2 Å². The van der Waals surface area contributed by atoms with Gasteiger partial charge in [0.05, 0.1) is 30.0 Å². The van der Waals surface area contributed by atoms with Gasteiger partial charge in [0.1, 0.15) is 11.4 Å². The number of fused-ring (bicyclic) bond motifs is 2. The van der Waals surface area contributed by atoms with E-state index in [1.807, 2.05) is 43.1 Å². The topological polar surface area (TPSA) is 89.2 Å². The highest BCUT2D eigenvalue weighted by molar-refractivity contribution is 6.07. The molecule has 1 aliphatic heterocycles. The molecule has 0 unspecified atom stereocenters. The Balaban J connectivity index is 1.29. The van der Waals surface area contributed by atoms with Crippen LogP contribution in [0.15, 0.2) is 53.3 Å². The maximum atomic E-state index is 13.8. The van der Waals surface area contributed by atoms with Crippen LogP contribution >= 0.6 is 0 Å². The normalized spacial score (nSPS) is 14.8. The molecule has 0 aliphatic carbocycles. The Morgan fingerprint density at radius 1 is 1.20 bits per heavy atom. The molecule has 5 heterocycles. The SMILES string of the molecule is COc1ccc2[nH]cc(C3CCN(C(=O)c4cc(-c5ccco5)nc5c4c(C)nn5C)CC3)c2c1. The van der Waals surface area contributed by atoms with Gasteiger partial charge in [0.2, 0.25) is 0 Å². The minimum Gasteiger partial charge on any atom is -0.497 e. The van der Waals surface area contributed by atoms with Crippen molar-refractivity contribution in [1.82, 2.24) is 24.6 Å². The van der Waals surface area contributed by atoms with Crippen LogP contribution in [0.1, 0.15) is 40.4 Å². The summed E-state index contributed by atoms with van der Waals surface area (Å²) in [5.74, 6) is 1.89. The van der Waals surface area contributed by atoms with Crippen molar-refractivity contribution in [1.29, 1.82) is 0 Å². The Hall–Kier alpha value is -4.07. The molecule has 0 saturated carbocycles. The Kier molecular flexibility index (Phi) is 5.09. The van der Waals surface area contributed by atoms with Crippen LogP contribution in [0.25, 0.3) is 33.4 Å². The maximum absolute atomic E-state index is 13.8. The number of aromatic amines is 1. The number of carbonyl (C=O) groups is 1. The third-order valence-electron chi connectivity index (χ3n) is 7.12. The van der Waals surface area contributed by atoms with Gasteiger partial charge in [-0.05, 0) is 67.6 Å². The fourth-order valence-electron chi connectivity index (χ4n) is 5.31. The number of methoxy groups -OCH3 is 1. The highest BCUT2D eigenvalue weighted by Gasteiger charge is 2.29. The number of benzene rings is 1. The number of piperidine rings is 1. The average Bonchev–Trinajstić information content (AvgIpc) is 3.63. The van der Waals surface area contributed by atoms with E-state index in [9.17, 15) is 4.79 Å². The molecule has 0 spiro atoms. The summed E-state index contributed by atoms with van der Waals surface area (Å²) in [7, 11) is 3.54. The summed E-state index contributed by atoms with van der Waals surface area (Å²) in [5, 5.41) is 6.53. The lowest BCUT2D eigenvalue weighted by Gasteiger charge is -2.32. The van der Waals surface area contributed by atoms with E-state index in [-0.39, 0.29) is 5.91 Å². The van der Waals surface area contributed by atoms with Gasteiger partial charge in [0.15, 0.2) is 11.4 Å². The molecule has 35 heavy (non-hydrogen) atoms. The molecule has 1 N–H and O–H groups in total. The number of rotatable bonds is 4. The first kappa shape index (κ1) is 21.5. The van der Waals surface area contributed by atoms with Gasteiger partial charge in [-0.15, -0.1) is 0 Å². The van der Waals surface area contributed by atoms with Crippen molar-refractivity contribution in [3.8, 4) is 17.2 Å². The number of carbonyl (C=O) groups excluding carboxylic acids is 1. The zero-order chi connectivity index (χ0) is 24.1. The molecule has 6 rings (SSSR count). The van der Waals surface area contributed by atoms with Crippen LogP contribution in [-0.4, -0.2) is 50.8 Å². The predicted octanol–water partition coefficient (Wildman–Crippen LogP) is 5.05. The molecule has 1 amide bonds. The van der Waals surface area contributed by atoms with Crippen LogP contribution in [0.5, 0.6) is 5.75 Å². The van der Waals surface area contributed by atoms with Crippen molar-refractivity contribution in [3.63, 3.8) is 0 Å². The summed E-state index contributed by atoms with van der Waals surface area (Å²) in [6.07, 6.45) is 5.53. The second-order valence-corrected chi connectivity index (χ2v) is 9.16. The quantitative estimate of drug-likeness (QED) is 0.398. The second-order valence-electron chi connectivity index (χ2n) is 9.16. The van der Waals surface area contributed by atoms with Gasteiger partial charge in [0, 0.05) is 37.2 Å². The van der Waals surface area contributed by atoms with Gasteiger partial charge >= 0.3 is 0 Å². The maximum Gasteiger partial charge on any atom is 0.254 e. The molecule has 0 radical (unpaired) electrons. The first-order valence-corrected chi connectivity index (χ1v) is 11.9. The Bertz CT molecular complexity index is 1540. The van der Waals surface area contributed by atoms with Crippen molar-refractivity contribution in [2.24, 2.45) is 7.05 Å². The summed E-state index contributed by atoms with van der Waals surface area (Å²) < 4.78 is 12.7. The van der Waals surface area contributed by atoms with E-state index in [4.69, 9.17) is 14.1 Å². The van der Waals surface area contributed by atoms with Gasteiger partial charge in [0.25, 0.3) is 5.91 Å². The molecule has 5 aromatic rings. The number of hydrogen-bond acceptors (Lipinski definition) is 5. The van der Waals surface area contributed by atoms with Gasteiger partial charge in [-0.3, -0.25) is 9.48 Å². The Morgan fingerprint density at radius 2 is 2.03 bits per heavy atom. The highest BCUT2D eigenvalue weighted by atomic mass is 16.5. The first-order valence-electron chi connectivity index (χ1n) is 11.9. The van der Waals surface area contributed by atoms with E-state index in [0.29, 0.717) is 41.7 Å². The summed E-state index contributed by atoms with van der Waals surface area (Å²) in [6.45, 7) is 3.31. The van der Waals surface area contributed by atoms with E-state index in [0.717, 1.165) is 35.2 Å². The molecule has 1 aromatic carbocycles. The van der Waals surface area contributed by atoms with Gasteiger partial charge in [-0.25, -0.2) is 4.98 Å². The number of nitrogens with one attached hydrogen (secondary N) is 1. The standard InChI is InChI=1S/C27H27N5O3/c1-16-25-20(14-23(24-5-4-12-35-24)29-26(25)31(2)30-16)27(33)32-10-8-17(9-11-32)21-15-28-22-7-6-18(34-3)13-19(21)22/h4-7,12-15,17,28H,8-11H2,1-3H3. The van der Waals surface area contributed by atoms with Crippen LogP contribution in [0.3, 0.4) is 0 Å². The Labute approximate surface area is 202 Å². The van der Waals surface area contributed by atoms with Crippen LogP contribution in [-0.2, 0) is 7.05 Å². The van der Waals surface area contributed by atoms with Crippen molar-refractivity contribution in [3.05, 3.63) is 65.7 Å². The smallest absolute Gasteiger partial charge is 0.254 e. The first-order chi connectivity index (χ1) is 17.0. The van der Waals surface area contributed by atoms with Crippen LogP contribution < -0.4 is 4.74 Å². The van der Waals surface area contributed by atoms with Gasteiger partial charge in [-0.1, -0.05) is 0 Å². The molecular weight excluding hydrogens is 442 g/mol. The number of H-pyrrole nitrogens is 1. The number of nitrogens with zero attached hydrogens (tertiary/aromatic N) is 4. The lowest BCUT2D eigenvalue weighted by atomic mass is 9.89. The zero-order valence-corrected chi connectivity index (χ0v) is 20.0. The van der Waals surface area contributed by atoms with Crippen LogP contribution in [0.4, 0.5) is 0 Å². The lowest BCUT2D eigenvalue weighted by molar-refractivity contribution is 0.0715. The molecule has 0 bridgehead atoms. The van der Waals surface area contributed by atoms with E-state index in [1.54, 1.807) is 18.1 Å². The van der Waals surface area contributed by atoms with Crippen LogP contribution in [0.2, 0.25) is 0 Å². The molecule has 178 valence electrons. The molecule has 1 saturated heterocycles. The molecule has 8 nitrogen and oxygen atoms in total. The third-order valence-corrected chi connectivity index (χ3v) is 7.12. The number of amides is 1. The van der Waals surface area contributed by atoms with Gasteiger partial charge < -0.3 is 19.0 Å². The number of pyridine rings is 1. The predicted molar refractivity (Wildman–Crippen MR) is 134 cm³/mol. The summed E-state index contributed by atoms with van der Waals surface area (Å²) >= 11 is 0. The molecule has 1 aliphatic rings. The number of furan rings is 1. The largest absolute Gasteiger partial charge is 0.497 e. The lowest BCUT2D eigenvalue weighted by Crippen LogP contribution is -2.38. The summed E-state index contributed by atoms with van der Waals surface area (Å²) in [5.41, 5.74) is 5.14. The summed E-state index contributed by atoms with van der Waals surface area (Å²) in [6, 6.07) is 11.6. The van der Waals surface area contributed by atoms with E-state index < -0.39 is 0 Å². The number of hydrogen-bond donors (Lipinski definition) is 1. The zero-order valence-electron chi connectivity index (χ0n) is 20.0. The minimum absolute atomic E-state index is 0.0142. The monoisotopic (exact) mass is 469 g/mol. The van der Waals surface area contributed by atoms with Crippen molar-refractivity contribution in [2.45, 2.75) is 25.7 Å². The second kappa shape index (κ2) is 8.30. The number of aryl methyl sites for hydroxylation is 2. The van der Waals surface area contributed by atoms with Crippen molar-refractivity contribution < 1.29 is 13.9 Å². The van der Waals surface area contributed by atoms with Crippen LogP contribution in [0, 0.1) is 6.92 Å². The summed E-state index contributed by atoms with van der Waals surface area (Å²) in [4.78, 5) is 23.9. The molecule has 8 heteroatoms. The molecular formula is C27H27N5O3.